The third-order valence-corrected chi connectivity index (χ3v) is 6.38. The highest BCUT2D eigenvalue weighted by Crippen LogP contribution is 2.30. The van der Waals surface area contributed by atoms with Crippen LogP contribution in [0.3, 0.4) is 0 Å². The Morgan fingerprint density at radius 2 is 1.69 bits per heavy atom. The van der Waals surface area contributed by atoms with Crippen molar-refractivity contribution in [1.29, 1.82) is 0 Å². The molecule has 1 heterocycles. The van der Waals surface area contributed by atoms with Crippen LogP contribution >= 0.6 is 0 Å². The predicted molar refractivity (Wildman–Crippen MR) is 145 cm³/mol. The Bertz CT molecular complexity index is 1270. The minimum Gasteiger partial charge on any atom is -0.493 e. The van der Waals surface area contributed by atoms with Crippen LogP contribution in [0.15, 0.2) is 79.4 Å². The van der Waals surface area contributed by atoms with E-state index >= 15 is 0 Å². The summed E-state index contributed by atoms with van der Waals surface area (Å²) in [5.74, 6) is 3.37. The lowest BCUT2D eigenvalue weighted by Crippen LogP contribution is -2.14. The average Bonchev–Trinajstić information content (AvgIpc) is 3.23. The molecule has 4 heteroatoms. The Hall–Kier alpha value is -3.53. The van der Waals surface area contributed by atoms with E-state index < -0.39 is 0 Å². The van der Waals surface area contributed by atoms with Crippen molar-refractivity contribution in [3.8, 4) is 11.5 Å². The number of imidazole rings is 1. The van der Waals surface area contributed by atoms with Gasteiger partial charge in [-0.3, -0.25) is 0 Å². The van der Waals surface area contributed by atoms with Crippen LogP contribution in [0, 0.1) is 5.92 Å². The SMILES string of the molecule is C=CCc1ccc(OCCn2c(C(C)c3ccc(CC(C)C)cc3)nc3ccccc32)c(OC)c1. The highest BCUT2D eigenvalue weighted by atomic mass is 16.5. The molecule has 0 aliphatic rings. The van der Waals surface area contributed by atoms with Gasteiger partial charge in [-0.25, -0.2) is 4.98 Å². The largest absolute Gasteiger partial charge is 0.493 e. The first-order valence-corrected chi connectivity index (χ1v) is 12.4. The Morgan fingerprint density at radius 1 is 0.943 bits per heavy atom. The van der Waals surface area contributed by atoms with E-state index in [-0.39, 0.29) is 5.92 Å². The van der Waals surface area contributed by atoms with Crippen molar-refractivity contribution in [2.45, 2.75) is 46.1 Å². The summed E-state index contributed by atoms with van der Waals surface area (Å²) in [6, 6.07) is 23.4. The molecule has 1 atom stereocenters. The number of methoxy groups -OCH3 is 1. The van der Waals surface area contributed by atoms with Crippen LogP contribution in [0.2, 0.25) is 0 Å². The standard InChI is InChI=1S/C31H36N2O2/c1-6-9-24-14-17-29(30(21-24)34-5)35-19-18-33-28-11-8-7-10-27(28)32-31(33)23(4)26-15-12-25(13-16-26)20-22(2)3/h6-8,10-17,21-23H,1,9,18-20H2,2-5H3. The summed E-state index contributed by atoms with van der Waals surface area (Å²) in [5.41, 5.74) is 5.94. The maximum atomic E-state index is 6.18. The molecule has 0 fully saturated rings. The predicted octanol–water partition coefficient (Wildman–Crippen LogP) is 7.20. The topological polar surface area (TPSA) is 36.3 Å². The number of rotatable bonds is 11. The summed E-state index contributed by atoms with van der Waals surface area (Å²) in [7, 11) is 1.68. The van der Waals surface area contributed by atoms with Crippen LogP contribution in [0.1, 0.15) is 49.2 Å². The molecule has 4 rings (SSSR count). The van der Waals surface area contributed by atoms with Gasteiger partial charge in [-0.15, -0.1) is 6.58 Å². The first-order chi connectivity index (χ1) is 17.0. The van der Waals surface area contributed by atoms with E-state index in [2.05, 4.69) is 80.4 Å². The van der Waals surface area contributed by atoms with Crippen molar-refractivity contribution in [1.82, 2.24) is 9.55 Å². The normalized spacial score (nSPS) is 12.1. The summed E-state index contributed by atoms with van der Waals surface area (Å²) >= 11 is 0. The highest BCUT2D eigenvalue weighted by Gasteiger charge is 2.18. The van der Waals surface area contributed by atoms with Crippen molar-refractivity contribution >= 4 is 11.0 Å². The van der Waals surface area contributed by atoms with E-state index in [0.29, 0.717) is 19.1 Å². The molecule has 0 spiro atoms. The number of hydrogen-bond acceptors (Lipinski definition) is 3. The zero-order chi connectivity index (χ0) is 24.8. The maximum Gasteiger partial charge on any atom is 0.161 e. The number of hydrogen-bond donors (Lipinski definition) is 0. The molecule has 182 valence electrons. The van der Waals surface area contributed by atoms with Crippen molar-refractivity contribution in [3.05, 3.63) is 102 Å². The molecule has 35 heavy (non-hydrogen) atoms. The molecular formula is C31H36N2O2. The molecule has 0 amide bonds. The van der Waals surface area contributed by atoms with Crippen LogP contribution in [0.4, 0.5) is 0 Å². The Labute approximate surface area is 209 Å². The lowest BCUT2D eigenvalue weighted by molar-refractivity contribution is 0.279. The molecule has 4 aromatic rings. The van der Waals surface area contributed by atoms with E-state index in [1.54, 1.807) is 7.11 Å². The number of fused-ring (bicyclic) bond motifs is 1. The number of ether oxygens (including phenoxy) is 2. The Balaban J connectivity index is 1.56. The van der Waals surface area contributed by atoms with Gasteiger partial charge in [-0.05, 0) is 59.7 Å². The van der Waals surface area contributed by atoms with E-state index in [1.807, 2.05) is 24.3 Å². The third-order valence-electron chi connectivity index (χ3n) is 6.38. The van der Waals surface area contributed by atoms with Gasteiger partial charge >= 0.3 is 0 Å². The average molecular weight is 469 g/mol. The Kier molecular flexibility index (Phi) is 7.91. The van der Waals surface area contributed by atoms with Gasteiger partial charge in [0.25, 0.3) is 0 Å². The van der Waals surface area contributed by atoms with Gasteiger partial charge in [-0.2, -0.15) is 0 Å². The number of nitrogens with zero attached hydrogens (tertiary/aromatic N) is 2. The molecule has 4 nitrogen and oxygen atoms in total. The van der Waals surface area contributed by atoms with Crippen LogP contribution < -0.4 is 9.47 Å². The summed E-state index contributed by atoms with van der Waals surface area (Å²) in [6.45, 7) is 11.8. The van der Waals surface area contributed by atoms with Gasteiger partial charge in [0.05, 0.1) is 24.7 Å². The lowest BCUT2D eigenvalue weighted by Gasteiger charge is -2.17. The van der Waals surface area contributed by atoms with Gasteiger partial charge in [0.2, 0.25) is 0 Å². The van der Waals surface area contributed by atoms with Gasteiger partial charge < -0.3 is 14.0 Å². The van der Waals surface area contributed by atoms with Crippen LogP contribution in [-0.2, 0) is 19.4 Å². The summed E-state index contributed by atoms with van der Waals surface area (Å²) in [6.07, 6.45) is 3.79. The second-order valence-electron chi connectivity index (χ2n) is 9.50. The van der Waals surface area contributed by atoms with Crippen molar-refractivity contribution in [3.63, 3.8) is 0 Å². The number of aromatic nitrogens is 2. The maximum absolute atomic E-state index is 6.18. The van der Waals surface area contributed by atoms with E-state index in [4.69, 9.17) is 14.5 Å². The fourth-order valence-corrected chi connectivity index (χ4v) is 4.59. The molecule has 3 aromatic carbocycles. The Morgan fingerprint density at radius 3 is 2.40 bits per heavy atom. The monoisotopic (exact) mass is 468 g/mol. The van der Waals surface area contributed by atoms with Crippen LogP contribution in [0.5, 0.6) is 11.5 Å². The minimum atomic E-state index is 0.170. The van der Waals surface area contributed by atoms with E-state index in [1.165, 1.54) is 11.1 Å². The minimum absolute atomic E-state index is 0.170. The smallest absolute Gasteiger partial charge is 0.161 e. The van der Waals surface area contributed by atoms with Crippen molar-refractivity contribution < 1.29 is 9.47 Å². The third kappa shape index (κ3) is 5.76. The molecule has 0 radical (unpaired) electrons. The molecule has 0 saturated carbocycles. The number of benzene rings is 3. The molecule has 0 saturated heterocycles. The van der Waals surface area contributed by atoms with Gasteiger partial charge in [0, 0.05) is 5.92 Å². The molecule has 0 N–H and O–H groups in total. The van der Waals surface area contributed by atoms with Gasteiger partial charge in [-0.1, -0.05) is 69.3 Å². The molecule has 0 aliphatic carbocycles. The van der Waals surface area contributed by atoms with Crippen molar-refractivity contribution in [2.24, 2.45) is 5.92 Å². The fraction of sp³-hybridized carbons (Fsp3) is 0.323. The quantitative estimate of drug-likeness (QED) is 0.218. The van der Waals surface area contributed by atoms with Crippen LogP contribution in [0.25, 0.3) is 11.0 Å². The molecule has 0 aliphatic heterocycles. The second-order valence-corrected chi connectivity index (χ2v) is 9.50. The molecular weight excluding hydrogens is 432 g/mol. The lowest BCUT2D eigenvalue weighted by atomic mass is 9.96. The van der Waals surface area contributed by atoms with Crippen molar-refractivity contribution in [2.75, 3.05) is 13.7 Å². The zero-order valence-electron chi connectivity index (χ0n) is 21.3. The number of allylic oxidation sites excluding steroid dienone is 1. The second kappa shape index (κ2) is 11.3. The molecule has 0 bridgehead atoms. The van der Waals surface area contributed by atoms with E-state index in [0.717, 1.165) is 46.8 Å². The molecule has 1 unspecified atom stereocenters. The summed E-state index contributed by atoms with van der Waals surface area (Å²) in [4.78, 5) is 5.02. The zero-order valence-corrected chi connectivity index (χ0v) is 21.3. The van der Waals surface area contributed by atoms with Gasteiger partial charge in [0.15, 0.2) is 11.5 Å². The fourth-order valence-electron chi connectivity index (χ4n) is 4.59. The highest BCUT2D eigenvalue weighted by molar-refractivity contribution is 5.76. The van der Waals surface area contributed by atoms with E-state index in [9.17, 15) is 0 Å². The number of para-hydroxylation sites is 2. The first-order valence-electron chi connectivity index (χ1n) is 12.4. The van der Waals surface area contributed by atoms with Gasteiger partial charge in [0.1, 0.15) is 12.4 Å². The molecule has 1 aromatic heterocycles. The first kappa shape index (κ1) is 24.6. The summed E-state index contributed by atoms with van der Waals surface area (Å²) < 4.78 is 14.0. The summed E-state index contributed by atoms with van der Waals surface area (Å²) in [5, 5.41) is 0. The van der Waals surface area contributed by atoms with Crippen LogP contribution in [-0.4, -0.2) is 23.3 Å².